The highest BCUT2D eigenvalue weighted by Crippen LogP contribution is 2.30. The van der Waals surface area contributed by atoms with Crippen molar-refractivity contribution < 1.29 is 0 Å². The second kappa shape index (κ2) is 4.51. The summed E-state index contributed by atoms with van der Waals surface area (Å²) in [6, 6.07) is 6.56. The second-order valence-corrected chi connectivity index (χ2v) is 4.28. The molecule has 0 spiro atoms. The maximum atomic E-state index is 4.45. The maximum Gasteiger partial charge on any atom is 0.128 e. The largest absolute Gasteiger partial charge is 0.373 e. The molecule has 3 heteroatoms. The molecule has 0 amide bonds. The molecule has 1 saturated carbocycles. The smallest absolute Gasteiger partial charge is 0.128 e. The van der Waals surface area contributed by atoms with E-state index in [2.05, 4.69) is 22.5 Å². The van der Waals surface area contributed by atoms with Gasteiger partial charge in [-0.1, -0.05) is 12.5 Å². The molecule has 2 N–H and O–H groups in total. The molecule has 1 aliphatic rings. The van der Waals surface area contributed by atoms with E-state index in [1.807, 2.05) is 25.2 Å². The molecule has 3 nitrogen and oxygen atoms in total. The molecule has 1 atom stereocenters. The molecular weight excluding hydrogens is 186 g/mol. The number of pyridine rings is 1. The van der Waals surface area contributed by atoms with Gasteiger partial charge < -0.3 is 10.6 Å². The van der Waals surface area contributed by atoms with E-state index in [-0.39, 0.29) is 0 Å². The molecule has 82 valence electrons. The van der Waals surface area contributed by atoms with Crippen LogP contribution in [0, 0.1) is 5.92 Å². The first kappa shape index (κ1) is 10.3. The lowest BCUT2D eigenvalue weighted by Crippen LogP contribution is -2.31. The molecule has 1 aromatic heterocycles. The molecule has 1 unspecified atom stereocenters. The number of nitrogens with zero attached hydrogens (tertiary/aromatic N) is 1. The zero-order valence-electron chi connectivity index (χ0n) is 9.46. The van der Waals surface area contributed by atoms with Gasteiger partial charge in [0.25, 0.3) is 0 Å². The number of rotatable bonds is 4. The fraction of sp³-hybridized carbons (Fsp3) is 0.583. The molecule has 1 aromatic rings. The Morgan fingerprint density at radius 3 is 2.67 bits per heavy atom. The first-order chi connectivity index (χ1) is 7.29. The summed E-state index contributed by atoms with van der Waals surface area (Å²) in [5, 5.41) is 6.51. The van der Waals surface area contributed by atoms with E-state index in [1.165, 1.54) is 19.3 Å². The highest BCUT2D eigenvalue weighted by molar-refractivity contribution is 5.45. The van der Waals surface area contributed by atoms with Crippen LogP contribution in [0.4, 0.5) is 11.6 Å². The quantitative estimate of drug-likeness (QED) is 0.793. The van der Waals surface area contributed by atoms with Crippen molar-refractivity contribution in [3.05, 3.63) is 18.2 Å². The van der Waals surface area contributed by atoms with Crippen LogP contribution in [0.1, 0.15) is 26.2 Å². The number of hydrogen-bond donors (Lipinski definition) is 2. The van der Waals surface area contributed by atoms with Gasteiger partial charge in [-0.05, 0) is 37.8 Å². The summed E-state index contributed by atoms with van der Waals surface area (Å²) in [6.07, 6.45) is 4.11. The zero-order valence-corrected chi connectivity index (χ0v) is 9.46. The summed E-state index contributed by atoms with van der Waals surface area (Å²) in [5.74, 6) is 2.73. The van der Waals surface area contributed by atoms with Crippen LogP contribution in [0.3, 0.4) is 0 Å². The number of nitrogens with one attached hydrogen (secondary N) is 2. The number of anilines is 2. The third kappa shape index (κ3) is 2.41. The second-order valence-electron chi connectivity index (χ2n) is 4.28. The van der Waals surface area contributed by atoms with E-state index in [4.69, 9.17) is 0 Å². The Balaban J connectivity index is 1.96. The molecular formula is C12H19N3. The number of aromatic nitrogens is 1. The standard InChI is InChI=1S/C12H19N3/c1-9(10-5-3-6-10)14-12-8-4-7-11(13-2)15-12/h4,7-10H,3,5-6H2,1-2H3,(H2,13,14,15). The fourth-order valence-electron chi connectivity index (χ4n) is 1.95. The Morgan fingerprint density at radius 2 is 2.07 bits per heavy atom. The van der Waals surface area contributed by atoms with Gasteiger partial charge in [0.15, 0.2) is 0 Å². The van der Waals surface area contributed by atoms with Crippen LogP contribution in [0.2, 0.25) is 0 Å². The third-order valence-corrected chi connectivity index (χ3v) is 3.24. The predicted octanol–water partition coefficient (Wildman–Crippen LogP) is 2.72. The highest BCUT2D eigenvalue weighted by atomic mass is 15.1. The van der Waals surface area contributed by atoms with Crippen molar-refractivity contribution in [2.45, 2.75) is 32.2 Å². The van der Waals surface area contributed by atoms with Crippen molar-refractivity contribution in [3.8, 4) is 0 Å². The van der Waals surface area contributed by atoms with E-state index >= 15 is 0 Å². The Hall–Kier alpha value is -1.25. The fourth-order valence-corrected chi connectivity index (χ4v) is 1.95. The molecule has 0 saturated heterocycles. The van der Waals surface area contributed by atoms with Crippen molar-refractivity contribution >= 4 is 11.6 Å². The Morgan fingerprint density at radius 1 is 1.33 bits per heavy atom. The summed E-state index contributed by atoms with van der Waals surface area (Å²) < 4.78 is 0. The molecule has 0 bridgehead atoms. The number of hydrogen-bond acceptors (Lipinski definition) is 3. The average Bonchev–Trinajstić information content (AvgIpc) is 2.15. The van der Waals surface area contributed by atoms with Gasteiger partial charge in [0.05, 0.1) is 0 Å². The topological polar surface area (TPSA) is 37.0 Å². The summed E-state index contributed by atoms with van der Waals surface area (Å²) in [7, 11) is 1.89. The van der Waals surface area contributed by atoms with Crippen LogP contribution in [-0.2, 0) is 0 Å². The minimum Gasteiger partial charge on any atom is -0.373 e. The monoisotopic (exact) mass is 205 g/mol. The third-order valence-electron chi connectivity index (χ3n) is 3.24. The summed E-state index contributed by atoms with van der Waals surface area (Å²) in [6.45, 7) is 2.25. The summed E-state index contributed by atoms with van der Waals surface area (Å²) in [4.78, 5) is 4.45. The average molecular weight is 205 g/mol. The van der Waals surface area contributed by atoms with Gasteiger partial charge in [-0.25, -0.2) is 4.98 Å². The van der Waals surface area contributed by atoms with Crippen molar-refractivity contribution in [1.82, 2.24) is 4.98 Å². The van der Waals surface area contributed by atoms with Crippen LogP contribution in [0.25, 0.3) is 0 Å². The first-order valence-electron chi connectivity index (χ1n) is 5.71. The molecule has 15 heavy (non-hydrogen) atoms. The molecule has 1 fully saturated rings. The lowest BCUT2D eigenvalue weighted by molar-refractivity contribution is 0.285. The van der Waals surface area contributed by atoms with Gasteiger partial charge >= 0.3 is 0 Å². The van der Waals surface area contributed by atoms with Crippen molar-refractivity contribution in [1.29, 1.82) is 0 Å². The lowest BCUT2D eigenvalue weighted by atomic mass is 9.80. The highest BCUT2D eigenvalue weighted by Gasteiger charge is 2.23. The Kier molecular flexibility index (Phi) is 3.09. The Labute approximate surface area is 91.3 Å². The van der Waals surface area contributed by atoms with Crippen LogP contribution in [0.5, 0.6) is 0 Å². The van der Waals surface area contributed by atoms with E-state index in [1.54, 1.807) is 0 Å². The maximum absolute atomic E-state index is 4.45. The molecule has 1 heterocycles. The predicted molar refractivity (Wildman–Crippen MR) is 64.2 cm³/mol. The van der Waals surface area contributed by atoms with Crippen molar-refractivity contribution in [2.24, 2.45) is 5.92 Å². The normalized spacial score (nSPS) is 18.0. The van der Waals surface area contributed by atoms with E-state index in [0.29, 0.717) is 6.04 Å². The molecule has 0 aliphatic heterocycles. The van der Waals surface area contributed by atoms with Crippen molar-refractivity contribution in [2.75, 3.05) is 17.7 Å². The molecule has 1 aliphatic carbocycles. The van der Waals surface area contributed by atoms with Gasteiger partial charge in [0.1, 0.15) is 11.6 Å². The van der Waals surface area contributed by atoms with Crippen LogP contribution < -0.4 is 10.6 Å². The first-order valence-corrected chi connectivity index (χ1v) is 5.71. The SMILES string of the molecule is CNc1cccc(NC(C)C2CCC2)n1. The zero-order chi connectivity index (χ0) is 10.7. The Bertz CT molecular complexity index is 320. The van der Waals surface area contributed by atoms with Gasteiger partial charge in [0.2, 0.25) is 0 Å². The lowest BCUT2D eigenvalue weighted by Gasteiger charge is -2.32. The van der Waals surface area contributed by atoms with Gasteiger partial charge in [-0.15, -0.1) is 0 Å². The van der Waals surface area contributed by atoms with Gasteiger partial charge in [-0.3, -0.25) is 0 Å². The van der Waals surface area contributed by atoms with Crippen LogP contribution >= 0.6 is 0 Å². The minimum absolute atomic E-state index is 0.540. The summed E-state index contributed by atoms with van der Waals surface area (Å²) in [5.41, 5.74) is 0. The van der Waals surface area contributed by atoms with Crippen LogP contribution in [0.15, 0.2) is 18.2 Å². The molecule has 2 rings (SSSR count). The van der Waals surface area contributed by atoms with E-state index in [0.717, 1.165) is 17.6 Å². The van der Waals surface area contributed by atoms with E-state index in [9.17, 15) is 0 Å². The molecule has 0 aromatic carbocycles. The van der Waals surface area contributed by atoms with Crippen LogP contribution in [-0.4, -0.2) is 18.1 Å². The van der Waals surface area contributed by atoms with Crippen molar-refractivity contribution in [3.63, 3.8) is 0 Å². The summed E-state index contributed by atoms with van der Waals surface area (Å²) >= 11 is 0. The van der Waals surface area contributed by atoms with Gasteiger partial charge in [-0.2, -0.15) is 0 Å². The van der Waals surface area contributed by atoms with Gasteiger partial charge in [0, 0.05) is 13.1 Å². The van der Waals surface area contributed by atoms with E-state index < -0.39 is 0 Å². The minimum atomic E-state index is 0.540. The molecule has 0 radical (unpaired) electrons.